The van der Waals surface area contributed by atoms with Crippen molar-refractivity contribution in [1.29, 1.82) is 0 Å². The lowest BCUT2D eigenvalue weighted by Crippen LogP contribution is -1.99. The van der Waals surface area contributed by atoms with Gasteiger partial charge in [-0.2, -0.15) is 0 Å². The number of aromatic nitrogens is 5. The van der Waals surface area contributed by atoms with E-state index < -0.39 is 11.6 Å². The molecule has 19 heavy (non-hydrogen) atoms. The molecule has 0 spiro atoms. The highest BCUT2D eigenvalue weighted by molar-refractivity contribution is 5.84. The highest BCUT2D eigenvalue weighted by Crippen LogP contribution is 2.22. The second kappa shape index (κ2) is 4.23. The van der Waals surface area contributed by atoms with Gasteiger partial charge in [-0.25, -0.2) is 23.4 Å². The van der Waals surface area contributed by atoms with E-state index in [-0.39, 0.29) is 5.69 Å². The topological polar surface area (TPSA) is 68.5 Å². The lowest BCUT2D eigenvalue weighted by molar-refractivity contribution is 0.586. The molecule has 1 aromatic carbocycles. The Kier molecular flexibility index (Phi) is 2.55. The van der Waals surface area contributed by atoms with E-state index in [1.165, 1.54) is 17.1 Å². The standard InChI is InChI=1S/C11H8F2N6/c1-19-11-9(17-18-19)10(14-5-15-11)16-8-3-2-6(12)4-7(8)13/h2-5H,1H3,(H,14,15,16). The number of rotatable bonds is 2. The number of hydrogen-bond donors (Lipinski definition) is 1. The lowest BCUT2D eigenvalue weighted by atomic mass is 10.3. The fourth-order valence-corrected chi connectivity index (χ4v) is 1.66. The molecule has 2 aromatic heterocycles. The van der Waals surface area contributed by atoms with Crippen molar-refractivity contribution in [2.24, 2.45) is 7.05 Å². The van der Waals surface area contributed by atoms with E-state index >= 15 is 0 Å². The third-order valence-electron chi connectivity index (χ3n) is 2.57. The van der Waals surface area contributed by atoms with Gasteiger partial charge in [0, 0.05) is 13.1 Å². The summed E-state index contributed by atoms with van der Waals surface area (Å²) in [6, 6.07) is 3.23. The first kappa shape index (κ1) is 11.5. The molecule has 0 atom stereocenters. The number of nitrogens with one attached hydrogen (secondary N) is 1. The van der Waals surface area contributed by atoms with E-state index in [1.54, 1.807) is 7.05 Å². The van der Waals surface area contributed by atoms with Crippen LogP contribution in [0.1, 0.15) is 0 Å². The second-order valence-electron chi connectivity index (χ2n) is 3.86. The Balaban J connectivity index is 2.06. The molecule has 0 fully saturated rings. The van der Waals surface area contributed by atoms with Crippen molar-refractivity contribution in [2.45, 2.75) is 0 Å². The zero-order valence-electron chi connectivity index (χ0n) is 9.80. The molecule has 0 saturated heterocycles. The van der Waals surface area contributed by atoms with Gasteiger partial charge in [0.25, 0.3) is 0 Å². The van der Waals surface area contributed by atoms with E-state index in [9.17, 15) is 8.78 Å². The van der Waals surface area contributed by atoms with Gasteiger partial charge < -0.3 is 5.32 Å². The number of anilines is 2. The molecule has 0 amide bonds. The maximum absolute atomic E-state index is 13.6. The predicted octanol–water partition coefficient (Wildman–Crippen LogP) is 1.78. The number of aryl methyl sites for hydroxylation is 1. The summed E-state index contributed by atoms with van der Waals surface area (Å²) < 4.78 is 27.9. The Morgan fingerprint density at radius 1 is 1.21 bits per heavy atom. The van der Waals surface area contributed by atoms with Crippen LogP contribution in [0.25, 0.3) is 11.2 Å². The molecule has 3 rings (SSSR count). The Bertz CT molecular complexity index is 754. The molecule has 3 aromatic rings. The number of benzene rings is 1. The average Bonchev–Trinajstić information content (AvgIpc) is 2.76. The van der Waals surface area contributed by atoms with Crippen LogP contribution in [0.3, 0.4) is 0 Å². The summed E-state index contributed by atoms with van der Waals surface area (Å²) in [5.41, 5.74) is 1.03. The Hall–Kier alpha value is -2.64. The average molecular weight is 262 g/mol. The van der Waals surface area contributed by atoms with Crippen LogP contribution < -0.4 is 5.32 Å². The van der Waals surface area contributed by atoms with Gasteiger partial charge in [-0.05, 0) is 12.1 Å². The SMILES string of the molecule is Cn1nnc2c(Nc3ccc(F)cc3F)ncnc21. The van der Waals surface area contributed by atoms with Crippen LogP contribution >= 0.6 is 0 Å². The largest absolute Gasteiger partial charge is 0.336 e. The predicted molar refractivity (Wildman–Crippen MR) is 63.7 cm³/mol. The van der Waals surface area contributed by atoms with E-state index in [0.29, 0.717) is 17.0 Å². The summed E-state index contributed by atoms with van der Waals surface area (Å²) in [6.45, 7) is 0. The van der Waals surface area contributed by atoms with Crippen molar-refractivity contribution in [3.63, 3.8) is 0 Å². The Labute approximate surface area is 106 Å². The number of hydrogen-bond acceptors (Lipinski definition) is 5. The highest BCUT2D eigenvalue weighted by Gasteiger charge is 2.11. The molecule has 0 aliphatic heterocycles. The normalized spacial score (nSPS) is 10.9. The van der Waals surface area contributed by atoms with E-state index in [0.717, 1.165) is 12.1 Å². The fraction of sp³-hybridized carbons (Fsp3) is 0.0909. The minimum absolute atomic E-state index is 0.104. The zero-order valence-corrected chi connectivity index (χ0v) is 9.80. The summed E-state index contributed by atoms with van der Waals surface area (Å²) in [6.07, 6.45) is 1.31. The first-order valence-corrected chi connectivity index (χ1v) is 5.37. The monoisotopic (exact) mass is 262 g/mol. The minimum atomic E-state index is -0.712. The van der Waals surface area contributed by atoms with Crippen LogP contribution in [-0.4, -0.2) is 25.0 Å². The summed E-state index contributed by atoms with van der Waals surface area (Å²) in [5, 5.41) is 10.4. The lowest BCUT2D eigenvalue weighted by Gasteiger charge is -2.06. The van der Waals surface area contributed by atoms with Crippen molar-refractivity contribution in [1.82, 2.24) is 25.0 Å². The maximum Gasteiger partial charge on any atom is 0.183 e. The van der Waals surface area contributed by atoms with Crippen molar-refractivity contribution >= 4 is 22.7 Å². The van der Waals surface area contributed by atoms with Crippen LogP contribution in [0.5, 0.6) is 0 Å². The zero-order chi connectivity index (χ0) is 13.4. The van der Waals surface area contributed by atoms with E-state index in [4.69, 9.17) is 0 Å². The van der Waals surface area contributed by atoms with Crippen LogP contribution in [0.15, 0.2) is 24.5 Å². The van der Waals surface area contributed by atoms with Crippen molar-refractivity contribution in [2.75, 3.05) is 5.32 Å². The molecule has 0 aliphatic carbocycles. The first-order valence-electron chi connectivity index (χ1n) is 5.37. The van der Waals surface area contributed by atoms with Crippen molar-refractivity contribution in [3.05, 3.63) is 36.2 Å². The van der Waals surface area contributed by atoms with Crippen molar-refractivity contribution in [3.8, 4) is 0 Å². The molecule has 8 heteroatoms. The van der Waals surface area contributed by atoms with Gasteiger partial charge in [0.05, 0.1) is 5.69 Å². The molecule has 6 nitrogen and oxygen atoms in total. The molecule has 0 aliphatic rings. The third-order valence-corrected chi connectivity index (χ3v) is 2.57. The van der Waals surface area contributed by atoms with Gasteiger partial charge in [0.2, 0.25) is 0 Å². The quantitative estimate of drug-likeness (QED) is 0.762. The van der Waals surface area contributed by atoms with Crippen LogP contribution in [0.2, 0.25) is 0 Å². The van der Waals surface area contributed by atoms with Gasteiger partial charge in [-0.15, -0.1) is 5.10 Å². The molecule has 0 unspecified atom stereocenters. The van der Waals surface area contributed by atoms with Gasteiger partial charge in [-0.3, -0.25) is 0 Å². The molecule has 0 radical (unpaired) electrons. The summed E-state index contributed by atoms with van der Waals surface area (Å²) >= 11 is 0. The van der Waals surface area contributed by atoms with Gasteiger partial charge in [-0.1, -0.05) is 5.21 Å². The molecular weight excluding hydrogens is 254 g/mol. The fourth-order valence-electron chi connectivity index (χ4n) is 1.66. The minimum Gasteiger partial charge on any atom is -0.336 e. The molecule has 2 heterocycles. The van der Waals surface area contributed by atoms with Crippen LogP contribution in [-0.2, 0) is 7.05 Å². The van der Waals surface area contributed by atoms with E-state index in [2.05, 4.69) is 25.6 Å². The van der Waals surface area contributed by atoms with Crippen LogP contribution in [0.4, 0.5) is 20.3 Å². The van der Waals surface area contributed by atoms with Crippen molar-refractivity contribution < 1.29 is 8.78 Å². The van der Waals surface area contributed by atoms with Gasteiger partial charge in [0.1, 0.15) is 18.0 Å². The molecule has 1 N–H and O–H groups in total. The molecular formula is C11H8F2N6. The highest BCUT2D eigenvalue weighted by atomic mass is 19.1. The summed E-state index contributed by atoms with van der Waals surface area (Å²) in [4.78, 5) is 7.99. The van der Waals surface area contributed by atoms with E-state index in [1.807, 2.05) is 0 Å². The Morgan fingerprint density at radius 2 is 2.05 bits per heavy atom. The van der Waals surface area contributed by atoms with Crippen LogP contribution in [0, 0.1) is 11.6 Å². The third kappa shape index (κ3) is 1.96. The Morgan fingerprint density at radius 3 is 2.84 bits per heavy atom. The van der Waals surface area contributed by atoms with Gasteiger partial charge in [0.15, 0.2) is 17.0 Å². The number of halogens is 2. The molecule has 0 saturated carbocycles. The summed E-state index contributed by atoms with van der Waals surface area (Å²) in [7, 11) is 1.69. The number of fused-ring (bicyclic) bond motifs is 1. The number of nitrogens with zero attached hydrogens (tertiary/aromatic N) is 5. The second-order valence-corrected chi connectivity index (χ2v) is 3.86. The summed E-state index contributed by atoms with van der Waals surface area (Å²) in [5.74, 6) is -1.05. The molecule has 96 valence electrons. The van der Waals surface area contributed by atoms with Gasteiger partial charge >= 0.3 is 0 Å². The smallest absolute Gasteiger partial charge is 0.183 e. The molecule has 0 bridgehead atoms. The maximum atomic E-state index is 13.6. The first-order chi connectivity index (χ1) is 9.15.